The molecular weight excluding hydrogens is 722 g/mol. The van der Waals surface area contributed by atoms with Gasteiger partial charge in [-0.15, -0.1) is 12.4 Å². The van der Waals surface area contributed by atoms with Gasteiger partial charge in [0.05, 0.1) is 13.2 Å². The number of hydrogen-bond donors (Lipinski definition) is 3. The van der Waals surface area contributed by atoms with E-state index in [0.29, 0.717) is 17.9 Å². The second-order valence-corrected chi connectivity index (χ2v) is 14.9. The minimum atomic E-state index is -1.03. The van der Waals surface area contributed by atoms with Crippen molar-refractivity contribution < 1.29 is 28.7 Å². The van der Waals surface area contributed by atoms with Gasteiger partial charge in [0.15, 0.2) is 6.04 Å². The second-order valence-electron chi connectivity index (χ2n) is 13.8. The Balaban J connectivity index is 0.0000146. The Kier molecular flexibility index (Phi) is 29.2. The number of nitrogens with two attached hydrogens (primary N) is 1. The highest BCUT2D eigenvalue weighted by atomic mass is 35.5. The highest BCUT2D eigenvalue weighted by molar-refractivity contribution is 7.98. The van der Waals surface area contributed by atoms with Gasteiger partial charge in [-0.2, -0.15) is 11.8 Å². The van der Waals surface area contributed by atoms with Crippen molar-refractivity contribution in [3.8, 4) is 0 Å². The van der Waals surface area contributed by atoms with E-state index in [4.69, 9.17) is 15.2 Å². The monoisotopic (exact) mass is 789 g/mol. The molecule has 2 aromatic carbocycles. The number of carbonyl (C=O) groups is 4. The van der Waals surface area contributed by atoms with Crippen molar-refractivity contribution >= 4 is 47.9 Å². The molecule has 2 rings (SSSR count). The number of amides is 2. The Bertz CT molecular complexity index is 1270. The normalized spacial score (nSPS) is 12.5. The van der Waals surface area contributed by atoms with E-state index in [0.717, 1.165) is 24.8 Å². The quantitative estimate of drug-likeness (QED) is 0.0508. The number of nitrogens with one attached hydrogen (secondary N) is 2. The van der Waals surface area contributed by atoms with Crippen LogP contribution in [-0.4, -0.2) is 54.8 Å². The minimum Gasteiger partial charge on any atom is -0.465 e. The Morgan fingerprint density at radius 1 is 0.667 bits per heavy atom. The van der Waals surface area contributed by atoms with Gasteiger partial charge < -0.3 is 25.8 Å². The number of esters is 2. The lowest BCUT2D eigenvalue weighted by molar-refractivity contribution is -0.148. The third-order valence-corrected chi connectivity index (χ3v) is 10.3. The molecule has 4 N–H and O–H groups in total. The topological polar surface area (TPSA) is 137 Å². The molecule has 0 unspecified atom stereocenters. The first-order valence-electron chi connectivity index (χ1n) is 20.2. The van der Waals surface area contributed by atoms with Crippen LogP contribution in [0.2, 0.25) is 0 Å². The zero-order chi connectivity index (χ0) is 38.4. The molecule has 0 bridgehead atoms. The van der Waals surface area contributed by atoms with Gasteiger partial charge in [0.1, 0.15) is 12.1 Å². The number of hydrogen-bond acceptors (Lipinski definition) is 8. The molecular formula is C43H68ClN3O6S. The van der Waals surface area contributed by atoms with Gasteiger partial charge in [-0.25, -0.2) is 4.79 Å². The summed E-state index contributed by atoms with van der Waals surface area (Å²) >= 11 is 1.49. The maximum atomic E-state index is 13.5. The smallest absolute Gasteiger partial charge is 0.333 e. The van der Waals surface area contributed by atoms with Crippen LogP contribution in [0.4, 0.5) is 0 Å². The first kappa shape index (κ1) is 48.9. The molecule has 0 fully saturated rings. The van der Waals surface area contributed by atoms with Gasteiger partial charge in [-0.1, -0.05) is 164 Å². The summed E-state index contributed by atoms with van der Waals surface area (Å²) in [4.78, 5) is 51.9. The SMILES string of the molecule is CCCCCCCCCCCCCCCCCCOC(=O)[C@@H](N)CCC(=O)N[C@@H](CSCc1ccccc1)C(=O)N[C@@H](C(=O)OCC)c1ccccc1.Cl. The number of halogens is 1. The van der Waals surface area contributed by atoms with Crippen LogP contribution in [0.15, 0.2) is 60.7 Å². The lowest BCUT2D eigenvalue weighted by Crippen LogP contribution is -2.50. The van der Waals surface area contributed by atoms with Crippen molar-refractivity contribution in [1.29, 1.82) is 0 Å². The standard InChI is InChI=1S/C43H67N3O6S.ClH/c1-3-5-6-7-8-9-10-11-12-13-14-15-16-17-18-25-32-52-42(49)37(44)30-31-39(47)45-38(34-53-33-35-26-21-19-22-27-35)41(48)46-40(43(50)51-4-2)36-28-23-20-24-29-36;/h19-24,26-29,37-38,40H,3-18,25,30-34,44H2,1-2H3,(H,45,47)(H,46,48);1H/t37-,38-,40+;/m0./s1. The van der Waals surface area contributed by atoms with Crippen LogP contribution >= 0.6 is 24.2 Å². The summed E-state index contributed by atoms with van der Waals surface area (Å²) in [6, 6.07) is 15.8. The fourth-order valence-corrected chi connectivity index (χ4v) is 7.06. The second kappa shape index (κ2) is 32.2. The molecule has 0 aliphatic heterocycles. The number of thioether (sulfide) groups is 1. The molecule has 304 valence electrons. The van der Waals surface area contributed by atoms with E-state index in [9.17, 15) is 19.2 Å². The number of unbranched alkanes of at least 4 members (excludes halogenated alkanes) is 15. The molecule has 11 heteroatoms. The fourth-order valence-electron chi connectivity index (χ4n) is 6.04. The van der Waals surface area contributed by atoms with Crippen LogP contribution in [0.1, 0.15) is 147 Å². The number of carbonyl (C=O) groups excluding carboxylic acids is 4. The molecule has 0 radical (unpaired) electrons. The molecule has 0 aromatic heterocycles. The third kappa shape index (κ3) is 23.0. The Labute approximate surface area is 335 Å². The van der Waals surface area contributed by atoms with Gasteiger partial charge in [-0.05, 0) is 30.9 Å². The molecule has 0 saturated heterocycles. The van der Waals surface area contributed by atoms with Gasteiger partial charge >= 0.3 is 11.9 Å². The largest absolute Gasteiger partial charge is 0.465 e. The highest BCUT2D eigenvalue weighted by Crippen LogP contribution is 2.18. The van der Waals surface area contributed by atoms with Crippen molar-refractivity contribution in [2.45, 2.75) is 153 Å². The zero-order valence-corrected chi connectivity index (χ0v) is 34.5. The van der Waals surface area contributed by atoms with Crippen molar-refractivity contribution in [3.63, 3.8) is 0 Å². The lowest BCUT2D eigenvalue weighted by atomic mass is 10.0. The number of ether oxygens (including phenoxy) is 2. The molecule has 9 nitrogen and oxygen atoms in total. The van der Waals surface area contributed by atoms with Gasteiger partial charge in [0, 0.05) is 17.9 Å². The average Bonchev–Trinajstić information content (AvgIpc) is 3.17. The van der Waals surface area contributed by atoms with Crippen LogP contribution < -0.4 is 16.4 Å². The maximum Gasteiger partial charge on any atom is 0.333 e. The molecule has 3 atom stereocenters. The van der Waals surface area contributed by atoms with E-state index < -0.39 is 41.9 Å². The first-order valence-corrected chi connectivity index (χ1v) is 21.4. The van der Waals surface area contributed by atoms with Crippen molar-refractivity contribution in [1.82, 2.24) is 10.6 Å². The van der Waals surface area contributed by atoms with Crippen LogP contribution in [0.3, 0.4) is 0 Å². The molecule has 0 spiro atoms. The van der Waals surface area contributed by atoms with E-state index in [1.165, 1.54) is 95.2 Å². The van der Waals surface area contributed by atoms with Gasteiger partial charge in [0.2, 0.25) is 11.8 Å². The van der Waals surface area contributed by atoms with Gasteiger partial charge in [-0.3, -0.25) is 14.4 Å². The number of benzene rings is 2. The molecule has 0 heterocycles. The van der Waals surface area contributed by atoms with E-state index in [-0.39, 0.29) is 37.6 Å². The first-order chi connectivity index (χ1) is 25.8. The van der Waals surface area contributed by atoms with Crippen molar-refractivity contribution in [2.24, 2.45) is 5.73 Å². The van der Waals surface area contributed by atoms with Crippen LogP contribution in [-0.2, 0) is 34.4 Å². The predicted octanol–water partition coefficient (Wildman–Crippen LogP) is 9.16. The van der Waals surface area contributed by atoms with Crippen LogP contribution in [0.25, 0.3) is 0 Å². The summed E-state index contributed by atoms with van der Waals surface area (Å²) in [6.07, 6.45) is 20.4. The average molecular weight is 791 g/mol. The Hall–Kier alpha value is -3.08. The summed E-state index contributed by atoms with van der Waals surface area (Å²) in [6.45, 7) is 4.45. The molecule has 2 amide bonds. The van der Waals surface area contributed by atoms with Gasteiger partial charge in [0.25, 0.3) is 0 Å². The zero-order valence-electron chi connectivity index (χ0n) is 32.9. The minimum absolute atomic E-state index is 0. The van der Waals surface area contributed by atoms with E-state index in [1.54, 1.807) is 31.2 Å². The fraction of sp³-hybridized carbons (Fsp3) is 0.628. The molecule has 2 aromatic rings. The molecule has 0 saturated carbocycles. The summed E-state index contributed by atoms with van der Waals surface area (Å²) in [5.41, 5.74) is 7.73. The maximum absolute atomic E-state index is 13.5. The molecule has 54 heavy (non-hydrogen) atoms. The summed E-state index contributed by atoms with van der Waals surface area (Å²) < 4.78 is 10.6. The Morgan fingerprint density at radius 2 is 1.19 bits per heavy atom. The summed E-state index contributed by atoms with van der Waals surface area (Å²) in [5, 5.41) is 5.58. The molecule has 0 aliphatic carbocycles. The summed E-state index contributed by atoms with van der Waals surface area (Å²) in [7, 11) is 0. The lowest BCUT2D eigenvalue weighted by Gasteiger charge is -2.23. The highest BCUT2D eigenvalue weighted by Gasteiger charge is 2.29. The summed E-state index contributed by atoms with van der Waals surface area (Å²) in [5.74, 6) is -1.13. The Morgan fingerprint density at radius 3 is 1.72 bits per heavy atom. The number of rotatable bonds is 31. The van der Waals surface area contributed by atoms with Crippen LogP contribution in [0, 0.1) is 0 Å². The van der Waals surface area contributed by atoms with E-state index >= 15 is 0 Å². The van der Waals surface area contributed by atoms with Crippen LogP contribution in [0.5, 0.6) is 0 Å². The third-order valence-electron chi connectivity index (χ3n) is 9.22. The van der Waals surface area contributed by atoms with Crippen molar-refractivity contribution in [2.75, 3.05) is 19.0 Å². The molecule has 0 aliphatic rings. The van der Waals surface area contributed by atoms with E-state index in [1.807, 2.05) is 36.4 Å². The predicted molar refractivity (Wildman–Crippen MR) is 223 cm³/mol. The van der Waals surface area contributed by atoms with E-state index in [2.05, 4.69) is 17.6 Å². The van der Waals surface area contributed by atoms with Crippen molar-refractivity contribution in [3.05, 3.63) is 71.8 Å².